The average molecular weight is 1280 g/mol. The largest absolute Gasteiger partial charge is 0.872 e. The van der Waals surface area contributed by atoms with Crippen molar-refractivity contribution < 1.29 is 77.4 Å². The van der Waals surface area contributed by atoms with Crippen molar-refractivity contribution in [2.24, 2.45) is 16.2 Å². The van der Waals surface area contributed by atoms with Crippen LogP contribution in [0.3, 0.4) is 0 Å². The van der Waals surface area contributed by atoms with Gasteiger partial charge in [-0.3, -0.25) is 33.5 Å². The van der Waals surface area contributed by atoms with Crippen LogP contribution in [0.2, 0.25) is 0 Å². The highest BCUT2D eigenvalue weighted by molar-refractivity contribution is 6.12. The molecule has 6 aromatic rings. The third kappa shape index (κ3) is 14.7. The SMILES string of the molecule is CC(=O)C(C)(C)C.CC(C)(C)C(=O)c1ccc(-c2c3ccc(=O)cc-3oc3cc([O-])ccc23)c(C(=O)O)c1.CC(C)(C)C(=O)c1ccc(C(=O)O)c(-c2c3ccc(=O)cc-3oc3cc([O-])ccc23)c1.F.O=C(O)c1ccccc1-c1c2ccc(=O)cc-2oc2cc([O-])ccc12. The van der Waals surface area contributed by atoms with Gasteiger partial charge in [-0.2, -0.15) is 0 Å². The maximum atomic E-state index is 12.9. The summed E-state index contributed by atoms with van der Waals surface area (Å²) in [5, 5.41) is 66.4. The number of fused-ring (bicyclic) bond motifs is 6. The first-order valence-electron chi connectivity index (χ1n) is 29.3. The van der Waals surface area contributed by atoms with E-state index < -0.39 is 28.7 Å². The number of Topliss-reactive ketones (excluding diaryl/α,β-unsaturated/α-hetero) is 3. The van der Waals surface area contributed by atoms with Crippen molar-refractivity contribution in [3.63, 3.8) is 0 Å². The third-order valence-electron chi connectivity index (χ3n) is 15.4. The first kappa shape index (κ1) is 69.0. The predicted octanol–water partition coefficient (Wildman–Crippen LogP) is 14.2. The maximum absolute atomic E-state index is 12.9. The average Bonchev–Trinajstić information content (AvgIpc) is 0.759. The first-order valence-corrected chi connectivity index (χ1v) is 29.3. The quantitative estimate of drug-likeness (QED) is 0.0940. The molecular formula is C76H62FO18-3. The number of halogens is 1. The molecular weight excluding hydrogens is 1220 g/mol. The molecule has 0 fully saturated rings. The highest BCUT2D eigenvalue weighted by Crippen LogP contribution is 2.46. The van der Waals surface area contributed by atoms with Crippen LogP contribution in [0.5, 0.6) is 17.2 Å². The lowest BCUT2D eigenvalue weighted by molar-refractivity contribution is -0.268. The van der Waals surface area contributed by atoms with Crippen molar-refractivity contribution in [2.75, 3.05) is 0 Å². The molecule has 18 nitrogen and oxygen atoms in total. The first-order chi connectivity index (χ1) is 44.1. The van der Waals surface area contributed by atoms with E-state index >= 15 is 0 Å². The number of carboxylic acid groups (broad SMARTS) is 3. The second-order valence-corrected chi connectivity index (χ2v) is 25.3. The number of hydrogen-bond donors (Lipinski definition) is 3. The minimum Gasteiger partial charge on any atom is -0.872 e. The summed E-state index contributed by atoms with van der Waals surface area (Å²) >= 11 is 0. The Hall–Kier alpha value is -11.9. The molecule has 0 aromatic heterocycles. The van der Waals surface area contributed by atoms with Gasteiger partial charge in [0.25, 0.3) is 0 Å². The normalized spacial score (nSPS) is 11.4. The molecule has 484 valence electrons. The summed E-state index contributed by atoms with van der Waals surface area (Å²) in [7, 11) is 0. The van der Waals surface area contributed by atoms with Gasteiger partial charge >= 0.3 is 17.9 Å². The van der Waals surface area contributed by atoms with Gasteiger partial charge in [-0.05, 0) is 102 Å². The zero-order valence-corrected chi connectivity index (χ0v) is 53.0. The molecule has 0 spiro atoms. The van der Waals surface area contributed by atoms with Crippen LogP contribution < -0.4 is 31.6 Å². The zero-order valence-electron chi connectivity index (χ0n) is 53.0. The van der Waals surface area contributed by atoms with Crippen molar-refractivity contribution in [3.8, 4) is 84.6 Å². The minimum absolute atomic E-state index is 0. The molecule has 0 amide bonds. The van der Waals surface area contributed by atoms with E-state index in [2.05, 4.69) is 0 Å². The van der Waals surface area contributed by atoms with E-state index in [4.69, 9.17) is 13.3 Å². The lowest BCUT2D eigenvalue weighted by Crippen LogP contribution is -2.20. The predicted molar refractivity (Wildman–Crippen MR) is 353 cm³/mol. The Labute approximate surface area is 541 Å². The lowest BCUT2D eigenvalue weighted by atomic mass is 9.83. The molecule has 0 saturated heterocycles. The number of ketones is 3. The van der Waals surface area contributed by atoms with Crippen LogP contribution in [0.4, 0.5) is 4.70 Å². The number of carbonyl (C=O) groups is 6. The summed E-state index contributed by atoms with van der Waals surface area (Å²) in [5.74, 6) is -3.49. The van der Waals surface area contributed by atoms with E-state index in [0.717, 1.165) is 0 Å². The van der Waals surface area contributed by atoms with Crippen LogP contribution in [0.25, 0.3) is 100 Å². The van der Waals surface area contributed by atoms with Crippen LogP contribution in [0.1, 0.15) is 121 Å². The molecule has 0 atom stereocenters. The molecule has 3 aliphatic carbocycles. The highest BCUT2D eigenvalue weighted by Gasteiger charge is 2.30. The molecule has 0 saturated carbocycles. The third-order valence-corrected chi connectivity index (χ3v) is 15.4. The fourth-order valence-electron chi connectivity index (χ4n) is 10.3. The fourth-order valence-corrected chi connectivity index (χ4v) is 10.3. The Morgan fingerprint density at radius 3 is 1.02 bits per heavy atom. The summed E-state index contributed by atoms with van der Waals surface area (Å²) in [6.07, 6.45) is 0. The summed E-state index contributed by atoms with van der Waals surface area (Å²) in [6, 6.07) is 41.2. The van der Waals surface area contributed by atoms with Gasteiger partial charge in [0, 0.05) is 95.1 Å². The van der Waals surface area contributed by atoms with Crippen LogP contribution >= 0.6 is 0 Å². The van der Waals surface area contributed by atoms with E-state index in [1.807, 2.05) is 20.8 Å². The molecule has 6 aromatic carbocycles. The fraction of sp³-hybridized carbons (Fsp3) is 0.171. The van der Waals surface area contributed by atoms with Crippen molar-refractivity contribution in [1.29, 1.82) is 0 Å². The lowest BCUT2D eigenvalue weighted by Gasteiger charge is -2.20. The van der Waals surface area contributed by atoms with Gasteiger partial charge in [-0.1, -0.05) is 135 Å². The summed E-state index contributed by atoms with van der Waals surface area (Å²) in [6.45, 7) is 18.0. The maximum Gasteiger partial charge on any atom is 0.336 e. The van der Waals surface area contributed by atoms with E-state index in [9.17, 15) is 73.8 Å². The van der Waals surface area contributed by atoms with E-state index in [1.165, 1.54) is 97.1 Å². The van der Waals surface area contributed by atoms with Crippen LogP contribution in [-0.4, -0.2) is 50.6 Å². The van der Waals surface area contributed by atoms with E-state index in [-0.39, 0.29) is 100 Å². The Balaban J connectivity index is 0.000000173. The van der Waals surface area contributed by atoms with Gasteiger partial charge < -0.3 is 43.9 Å². The smallest absolute Gasteiger partial charge is 0.336 e. The molecule has 19 heteroatoms. The topological polar surface area (TPSA) is 323 Å². The van der Waals surface area contributed by atoms with Gasteiger partial charge in [0.15, 0.2) is 27.9 Å². The number of aromatic carboxylic acids is 3. The molecule has 3 N–H and O–H groups in total. The Bertz CT molecular complexity index is 5140. The molecule has 6 aliphatic rings. The summed E-state index contributed by atoms with van der Waals surface area (Å²) in [5.41, 5.74) is 3.71. The van der Waals surface area contributed by atoms with Gasteiger partial charge in [0.1, 0.15) is 39.8 Å². The standard InChI is InChI=1S/2C25H20O6.C20H12O5.C6H12O.FH/c1-25(2,3)23(28)13-4-7-16(24(29)30)19(10-13)22-17-8-5-14(26)11-20(17)31-21-12-15(27)6-9-18(21)22;1-25(2,3)23(28)13-4-7-16(19(10-13)24(29)30)22-17-8-5-14(26)11-20(17)31-21-12-15(27)6-9-18(21)22;21-11-5-7-15-17(9-11)25-18-10-12(22)6-8-16(18)19(15)13-3-1-2-4-14(13)20(23)24;1-5(7)6(2,3)4;/h2*4-12,26H,1-3H3,(H,29,30);1-10,21H,(H,23,24);1-4H3;1H/p-3. The molecule has 95 heavy (non-hydrogen) atoms. The van der Waals surface area contributed by atoms with Gasteiger partial charge in [0.05, 0.1) is 16.7 Å². The monoisotopic (exact) mass is 1280 g/mol. The molecule has 12 rings (SSSR count). The second-order valence-electron chi connectivity index (χ2n) is 25.3. The Morgan fingerprint density at radius 1 is 0.347 bits per heavy atom. The van der Waals surface area contributed by atoms with Crippen molar-refractivity contribution >= 4 is 68.2 Å². The van der Waals surface area contributed by atoms with Crippen molar-refractivity contribution in [1.82, 2.24) is 0 Å². The second kappa shape index (κ2) is 26.8. The number of carboxylic acids is 3. The summed E-state index contributed by atoms with van der Waals surface area (Å²) in [4.78, 5) is 107. The molecule has 0 bridgehead atoms. The number of hydrogen-bond acceptors (Lipinski definition) is 15. The number of rotatable bonds is 8. The van der Waals surface area contributed by atoms with Gasteiger partial charge in [0.2, 0.25) is 0 Å². The molecule has 0 unspecified atom stereocenters. The Kier molecular flexibility index (Phi) is 19.5. The van der Waals surface area contributed by atoms with Gasteiger partial charge in [-0.15, -0.1) is 17.2 Å². The van der Waals surface area contributed by atoms with Gasteiger partial charge in [-0.25, -0.2) is 14.4 Å². The minimum atomic E-state index is -1.19. The van der Waals surface area contributed by atoms with Crippen molar-refractivity contribution in [2.45, 2.75) is 69.2 Å². The van der Waals surface area contributed by atoms with Crippen LogP contribution in [0.15, 0.2) is 197 Å². The zero-order chi connectivity index (χ0) is 68.6. The number of benzene rings is 9. The molecule has 3 heterocycles. The van der Waals surface area contributed by atoms with Crippen molar-refractivity contribution in [3.05, 3.63) is 228 Å². The van der Waals surface area contributed by atoms with E-state index in [0.29, 0.717) is 88.7 Å². The number of carbonyl (C=O) groups excluding carboxylic acids is 3. The highest BCUT2D eigenvalue weighted by atomic mass is 19.0. The summed E-state index contributed by atoms with van der Waals surface area (Å²) < 4.78 is 17.3. The van der Waals surface area contributed by atoms with Crippen LogP contribution in [-0.2, 0) is 4.79 Å². The molecule has 3 aliphatic heterocycles. The Morgan fingerprint density at radius 2 is 0.663 bits per heavy atom. The van der Waals surface area contributed by atoms with E-state index in [1.54, 1.807) is 121 Å². The molecule has 0 radical (unpaired) electrons. The van der Waals surface area contributed by atoms with Crippen LogP contribution in [0, 0.1) is 16.2 Å².